The van der Waals surface area contributed by atoms with E-state index in [4.69, 9.17) is 4.74 Å². The molecule has 3 N–H and O–H groups in total. The van der Waals surface area contributed by atoms with Crippen molar-refractivity contribution in [3.63, 3.8) is 0 Å². The van der Waals surface area contributed by atoms with Gasteiger partial charge in [0.1, 0.15) is 0 Å². The predicted molar refractivity (Wildman–Crippen MR) is 86.3 cm³/mol. The lowest BCUT2D eigenvalue weighted by Crippen LogP contribution is -2.30. The molecule has 1 saturated heterocycles. The zero-order valence-electron chi connectivity index (χ0n) is 13.2. The number of hydrogen-bond donors (Lipinski definition) is 3. The average molecular weight is 342 g/mol. The minimum atomic E-state index is -3.73. The third-order valence-corrected chi connectivity index (χ3v) is 5.12. The molecule has 7 nitrogen and oxygen atoms in total. The summed E-state index contributed by atoms with van der Waals surface area (Å²) in [5.41, 5.74) is 0.311. The van der Waals surface area contributed by atoms with Gasteiger partial charge in [-0.25, -0.2) is 17.9 Å². The first-order valence-corrected chi connectivity index (χ1v) is 9.03. The maximum Gasteiger partial charge on any atom is 0.337 e. The minimum absolute atomic E-state index is 0.0580. The SMILES string of the molecule is CC(C)NS(=O)(=O)c1ccc(NC[C@@H]2CCCO2)c(C(=O)O)c1. The molecule has 0 saturated carbocycles. The van der Waals surface area contributed by atoms with Crippen molar-refractivity contribution < 1.29 is 23.1 Å². The molecule has 0 aliphatic carbocycles. The molecular weight excluding hydrogens is 320 g/mol. The van der Waals surface area contributed by atoms with Gasteiger partial charge in [-0.2, -0.15) is 0 Å². The van der Waals surface area contributed by atoms with Crippen LogP contribution in [0.5, 0.6) is 0 Å². The first kappa shape index (κ1) is 17.7. The Kier molecular flexibility index (Phi) is 5.61. The van der Waals surface area contributed by atoms with Gasteiger partial charge in [-0.1, -0.05) is 0 Å². The summed E-state index contributed by atoms with van der Waals surface area (Å²) >= 11 is 0. The topological polar surface area (TPSA) is 105 Å². The lowest BCUT2D eigenvalue weighted by molar-refractivity contribution is 0.0697. The van der Waals surface area contributed by atoms with Crippen molar-refractivity contribution in [1.29, 1.82) is 0 Å². The van der Waals surface area contributed by atoms with Gasteiger partial charge < -0.3 is 15.2 Å². The molecule has 1 heterocycles. The van der Waals surface area contributed by atoms with Crippen LogP contribution in [0.2, 0.25) is 0 Å². The first-order chi connectivity index (χ1) is 10.8. The van der Waals surface area contributed by atoms with Crippen molar-refractivity contribution in [3.8, 4) is 0 Å². The van der Waals surface area contributed by atoms with Crippen molar-refractivity contribution in [2.75, 3.05) is 18.5 Å². The summed E-state index contributed by atoms with van der Waals surface area (Å²) < 4.78 is 32.2. The molecule has 0 spiro atoms. The maximum absolute atomic E-state index is 12.2. The van der Waals surface area contributed by atoms with Gasteiger partial charge in [0.25, 0.3) is 0 Å². The van der Waals surface area contributed by atoms with Crippen LogP contribution < -0.4 is 10.0 Å². The Morgan fingerprint density at radius 1 is 1.43 bits per heavy atom. The molecule has 23 heavy (non-hydrogen) atoms. The third-order valence-electron chi connectivity index (χ3n) is 3.47. The fraction of sp³-hybridized carbons (Fsp3) is 0.533. The van der Waals surface area contributed by atoms with Gasteiger partial charge in [0, 0.05) is 24.9 Å². The largest absolute Gasteiger partial charge is 0.478 e. The molecule has 0 aromatic heterocycles. The lowest BCUT2D eigenvalue weighted by Gasteiger charge is -2.15. The van der Waals surface area contributed by atoms with Gasteiger partial charge in [-0.05, 0) is 44.9 Å². The highest BCUT2D eigenvalue weighted by Crippen LogP contribution is 2.22. The number of rotatable bonds is 7. The van der Waals surface area contributed by atoms with Crippen LogP contribution >= 0.6 is 0 Å². The highest BCUT2D eigenvalue weighted by molar-refractivity contribution is 7.89. The molecule has 128 valence electrons. The molecular formula is C15H22N2O5S. The standard InChI is InChI=1S/C15H22N2O5S/c1-10(2)17-23(20,21)12-5-6-14(13(8-12)15(18)19)16-9-11-4-3-7-22-11/h5-6,8,10-11,16-17H,3-4,7,9H2,1-2H3,(H,18,19)/t11-/m0/s1. The van der Waals surface area contributed by atoms with Crippen LogP contribution in [0.3, 0.4) is 0 Å². The van der Waals surface area contributed by atoms with Gasteiger partial charge in [-0.15, -0.1) is 0 Å². The molecule has 1 aromatic carbocycles. The number of ether oxygens (including phenoxy) is 1. The Balaban J connectivity index is 2.22. The van der Waals surface area contributed by atoms with Crippen molar-refractivity contribution in [2.24, 2.45) is 0 Å². The molecule has 1 aliphatic rings. The van der Waals surface area contributed by atoms with Gasteiger partial charge in [0.2, 0.25) is 10.0 Å². The smallest absolute Gasteiger partial charge is 0.337 e. The Hall–Kier alpha value is -1.64. The number of hydrogen-bond acceptors (Lipinski definition) is 5. The summed E-state index contributed by atoms with van der Waals surface area (Å²) in [6.07, 6.45) is 1.98. The second kappa shape index (κ2) is 7.29. The average Bonchev–Trinajstić information content (AvgIpc) is 2.96. The van der Waals surface area contributed by atoms with E-state index < -0.39 is 16.0 Å². The summed E-state index contributed by atoms with van der Waals surface area (Å²) in [7, 11) is -3.73. The summed E-state index contributed by atoms with van der Waals surface area (Å²) in [6.45, 7) is 4.62. The summed E-state index contributed by atoms with van der Waals surface area (Å²) in [5, 5.41) is 12.4. The molecule has 0 bridgehead atoms. The molecule has 0 amide bonds. The number of carboxylic acid groups (broad SMARTS) is 1. The van der Waals surface area contributed by atoms with E-state index in [1.807, 2.05) is 0 Å². The Morgan fingerprint density at radius 2 is 2.17 bits per heavy atom. The first-order valence-electron chi connectivity index (χ1n) is 7.55. The summed E-state index contributed by atoms with van der Waals surface area (Å²) in [6, 6.07) is 3.78. The molecule has 0 unspecified atom stereocenters. The monoisotopic (exact) mass is 342 g/mol. The number of benzene rings is 1. The zero-order chi connectivity index (χ0) is 17.0. The highest BCUT2D eigenvalue weighted by atomic mass is 32.2. The van der Waals surface area contributed by atoms with E-state index >= 15 is 0 Å². The molecule has 1 atom stereocenters. The van der Waals surface area contributed by atoms with Crippen molar-refractivity contribution >= 4 is 21.7 Å². The minimum Gasteiger partial charge on any atom is -0.478 e. The van der Waals surface area contributed by atoms with Crippen LogP contribution in [0.1, 0.15) is 37.0 Å². The van der Waals surface area contributed by atoms with Crippen molar-refractivity contribution in [2.45, 2.75) is 43.7 Å². The van der Waals surface area contributed by atoms with Gasteiger partial charge >= 0.3 is 5.97 Å². The van der Waals surface area contributed by atoms with Crippen molar-refractivity contribution in [3.05, 3.63) is 23.8 Å². The fourth-order valence-corrected chi connectivity index (χ4v) is 3.71. The lowest BCUT2D eigenvalue weighted by atomic mass is 10.1. The van der Waals surface area contributed by atoms with E-state index in [1.54, 1.807) is 13.8 Å². The normalized spacial score (nSPS) is 18.3. The van der Waals surface area contributed by atoms with Crippen LogP contribution in [0.15, 0.2) is 23.1 Å². The summed E-state index contributed by atoms with van der Waals surface area (Å²) in [4.78, 5) is 11.4. The Labute approximate surface area is 136 Å². The van der Waals surface area contributed by atoms with Crippen LogP contribution in [-0.2, 0) is 14.8 Å². The van der Waals surface area contributed by atoms with Crippen LogP contribution in [0.4, 0.5) is 5.69 Å². The van der Waals surface area contributed by atoms with E-state index in [0.29, 0.717) is 12.2 Å². The highest BCUT2D eigenvalue weighted by Gasteiger charge is 2.21. The second-order valence-corrected chi connectivity index (χ2v) is 7.52. The van der Waals surface area contributed by atoms with Crippen molar-refractivity contribution in [1.82, 2.24) is 4.72 Å². The molecule has 8 heteroatoms. The second-order valence-electron chi connectivity index (χ2n) is 5.80. The van der Waals surface area contributed by atoms with Crippen LogP contribution in [0.25, 0.3) is 0 Å². The summed E-state index contributed by atoms with van der Waals surface area (Å²) in [5.74, 6) is -1.18. The molecule has 1 aromatic rings. The Morgan fingerprint density at radius 3 is 2.74 bits per heavy atom. The number of sulfonamides is 1. The van der Waals surface area contributed by atoms with Gasteiger partial charge in [0.05, 0.1) is 16.6 Å². The number of aromatic carboxylic acids is 1. The van der Waals surface area contributed by atoms with Crippen LogP contribution in [-0.4, -0.2) is 44.8 Å². The van der Waals surface area contributed by atoms with E-state index in [-0.39, 0.29) is 22.6 Å². The van der Waals surface area contributed by atoms with E-state index in [2.05, 4.69) is 10.0 Å². The fourth-order valence-electron chi connectivity index (χ4n) is 2.43. The Bertz CT molecular complexity index is 666. The van der Waals surface area contributed by atoms with Gasteiger partial charge in [0.15, 0.2) is 0 Å². The molecule has 1 aliphatic heterocycles. The van der Waals surface area contributed by atoms with E-state index in [9.17, 15) is 18.3 Å². The third kappa shape index (κ3) is 4.66. The van der Waals surface area contributed by atoms with Gasteiger partial charge in [-0.3, -0.25) is 0 Å². The number of carbonyl (C=O) groups is 1. The van der Waals surface area contributed by atoms with E-state index in [1.165, 1.54) is 18.2 Å². The van der Waals surface area contributed by atoms with E-state index in [0.717, 1.165) is 19.4 Å². The number of anilines is 1. The zero-order valence-corrected chi connectivity index (χ0v) is 14.0. The molecule has 0 radical (unpaired) electrons. The maximum atomic E-state index is 12.2. The number of nitrogens with one attached hydrogen (secondary N) is 2. The number of carboxylic acids is 1. The molecule has 2 rings (SSSR count). The molecule has 1 fully saturated rings. The quantitative estimate of drug-likeness (QED) is 0.696. The van der Waals surface area contributed by atoms with Crippen LogP contribution in [0, 0.1) is 0 Å². The predicted octanol–water partition coefficient (Wildman–Crippen LogP) is 1.66.